The molecule has 5 nitrogen and oxygen atoms in total. The van der Waals surface area contributed by atoms with Crippen LogP contribution in [-0.2, 0) is 9.36 Å². The lowest BCUT2D eigenvalue weighted by Gasteiger charge is -2.10. The fourth-order valence-corrected chi connectivity index (χ4v) is 1.27. The molecule has 0 spiro atoms. The monoisotopic (exact) mass is 180 g/mol. The van der Waals surface area contributed by atoms with Gasteiger partial charge in [0, 0.05) is 12.2 Å². The first-order chi connectivity index (χ1) is 5.06. The molecule has 66 valence electrons. The number of nitrogens with two attached hydrogens (primary N) is 1. The third kappa shape index (κ3) is 6.04. The van der Waals surface area contributed by atoms with Gasteiger partial charge in [0.2, 0.25) is 5.91 Å². The zero-order valence-corrected chi connectivity index (χ0v) is 7.33. The van der Waals surface area contributed by atoms with E-state index in [4.69, 9.17) is 10.6 Å². The van der Waals surface area contributed by atoms with Crippen LogP contribution in [0.4, 0.5) is 0 Å². The van der Waals surface area contributed by atoms with Crippen molar-refractivity contribution in [2.24, 2.45) is 5.73 Å². The molecule has 0 aromatic heterocycles. The molecule has 0 saturated heterocycles. The summed E-state index contributed by atoms with van der Waals surface area (Å²) in [4.78, 5) is 19.1. The highest BCUT2D eigenvalue weighted by Gasteiger charge is 2.06. The van der Waals surface area contributed by atoms with E-state index in [0.29, 0.717) is 0 Å². The minimum atomic E-state index is -2.49. The molecule has 1 amide bonds. The fraction of sp³-hybridized carbons (Fsp3) is 0.800. The van der Waals surface area contributed by atoms with Crippen molar-refractivity contribution in [3.8, 4) is 0 Å². The lowest BCUT2D eigenvalue weighted by Crippen LogP contribution is -2.38. The molecule has 0 aliphatic rings. The lowest BCUT2D eigenvalue weighted by atomic mass is 10.4. The molecule has 0 aromatic carbocycles. The zero-order valence-electron chi connectivity index (χ0n) is 6.33. The van der Waals surface area contributed by atoms with Crippen LogP contribution in [0.15, 0.2) is 0 Å². The Hall–Kier alpha value is -0.380. The van der Waals surface area contributed by atoms with Gasteiger partial charge in [0.15, 0.2) is 8.03 Å². The van der Waals surface area contributed by atoms with Crippen LogP contribution in [0.2, 0.25) is 0 Å². The van der Waals surface area contributed by atoms with Gasteiger partial charge in [-0.05, 0) is 6.92 Å². The summed E-state index contributed by atoms with van der Waals surface area (Å²) in [7, 11) is -2.49. The van der Waals surface area contributed by atoms with Crippen LogP contribution in [-0.4, -0.2) is 29.5 Å². The zero-order chi connectivity index (χ0) is 8.85. The van der Waals surface area contributed by atoms with Crippen LogP contribution >= 0.6 is 8.03 Å². The largest absolute Gasteiger partial charge is 0.352 e. The van der Waals surface area contributed by atoms with Crippen LogP contribution in [0.3, 0.4) is 0 Å². The van der Waals surface area contributed by atoms with Crippen molar-refractivity contribution < 1.29 is 14.3 Å². The fourth-order valence-electron chi connectivity index (χ4n) is 0.647. The molecule has 0 saturated carbocycles. The van der Waals surface area contributed by atoms with Crippen molar-refractivity contribution in [2.75, 3.05) is 12.7 Å². The van der Waals surface area contributed by atoms with Gasteiger partial charge < -0.3 is 15.9 Å². The summed E-state index contributed by atoms with van der Waals surface area (Å²) in [6, 6.07) is -0.276. The third-order valence-electron chi connectivity index (χ3n) is 1.07. The van der Waals surface area contributed by atoms with Gasteiger partial charge in [0.05, 0.1) is 6.54 Å². The maximum atomic E-state index is 10.6. The second kappa shape index (κ2) is 5.29. The first-order valence-corrected chi connectivity index (χ1v) is 4.83. The summed E-state index contributed by atoms with van der Waals surface area (Å²) in [5.74, 6) is -0.305. The Kier molecular flexibility index (Phi) is 5.11. The molecular weight excluding hydrogens is 167 g/mol. The van der Waals surface area contributed by atoms with Crippen LogP contribution in [0.5, 0.6) is 0 Å². The van der Waals surface area contributed by atoms with E-state index >= 15 is 0 Å². The molecule has 0 bridgehead atoms. The van der Waals surface area contributed by atoms with E-state index in [0.717, 1.165) is 0 Å². The third-order valence-corrected chi connectivity index (χ3v) is 2.04. The van der Waals surface area contributed by atoms with Gasteiger partial charge in [-0.2, -0.15) is 0 Å². The molecular formula is C5H13N2O3P. The first kappa shape index (κ1) is 10.6. The Labute approximate surface area is 65.8 Å². The number of carbonyl (C=O) groups is 1. The van der Waals surface area contributed by atoms with E-state index in [1.807, 2.05) is 0 Å². The molecule has 11 heavy (non-hydrogen) atoms. The summed E-state index contributed by atoms with van der Waals surface area (Å²) < 4.78 is 10.3. The van der Waals surface area contributed by atoms with Gasteiger partial charge >= 0.3 is 0 Å². The number of hydrogen-bond acceptors (Lipinski definition) is 3. The molecule has 0 aromatic rings. The lowest BCUT2D eigenvalue weighted by molar-refractivity contribution is -0.120. The van der Waals surface area contributed by atoms with E-state index < -0.39 is 8.03 Å². The topological polar surface area (TPSA) is 92.4 Å². The standard InChI is InChI=1S/C5H13N2O3P/c1-4(3-11(9)10)7-5(8)2-6/h4,11H,2-3,6H2,1H3,(H,7,8)(H,9,10). The highest BCUT2D eigenvalue weighted by molar-refractivity contribution is 7.38. The number of nitrogens with one attached hydrogen (secondary N) is 1. The van der Waals surface area contributed by atoms with Crippen LogP contribution < -0.4 is 11.1 Å². The molecule has 0 fully saturated rings. The van der Waals surface area contributed by atoms with E-state index in [-0.39, 0.29) is 24.7 Å². The molecule has 4 N–H and O–H groups in total. The predicted molar refractivity (Wildman–Crippen MR) is 42.7 cm³/mol. The second-order valence-corrected chi connectivity index (χ2v) is 3.47. The summed E-state index contributed by atoms with van der Waals surface area (Å²) >= 11 is 0. The summed E-state index contributed by atoms with van der Waals surface area (Å²) in [5, 5.41) is 2.46. The van der Waals surface area contributed by atoms with Gasteiger partial charge in [-0.1, -0.05) is 0 Å². The Morgan fingerprint density at radius 2 is 2.36 bits per heavy atom. The van der Waals surface area contributed by atoms with Gasteiger partial charge in [-0.15, -0.1) is 0 Å². The van der Waals surface area contributed by atoms with Gasteiger partial charge in [0.25, 0.3) is 0 Å². The first-order valence-electron chi connectivity index (χ1n) is 3.27. The highest BCUT2D eigenvalue weighted by Crippen LogP contribution is 2.13. The number of carbonyl (C=O) groups excluding carboxylic acids is 1. The molecule has 0 heterocycles. The number of rotatable bonds is 4. The second-order valence-electron chi connectivity index (χ2n) is 2.27. The van der Waals surface area contributed by atoms with E-state index in [1.54, 1.807) is 6.92 Å². The quantitative estimate of drug-likeness (QED) is 0.479. The van der Waals surface area contributed by atoms with Crippen molar-refractivity contribution >= 4 is 13.9 Å². The van der Waals surface area contributed by atoms with Crippen molar-refractivity contribution in [3.63, 3.8) is 0 Å². The van der Waals surface area contributed by atoms with E-state index in [9.17, 15) is 9.36 Å². The predicted octanol–water partition coefficient (Wildman–Crippen LogP) is -1.08. The number of amides is 1. The Morgan fingerprint density at radius 3 is 2.73 bits per heavy atom. The highest BCUT2D eigenvalue weighted by atomic mass is 31.1. The normalized spacial score (nSPS) is 15.5. The minimum absolute atomic E-state index is 0.0866. The average molecular weight is 180 g/mol. The van der Waals surface area contributed by atoms with Crippen LogP contribution in [0, 0.1) is 0 Å². The Balaban J connectivity index is 3.60. The van der Waals surface area contributed by atoms with Crippen molar-refractivity contribution in [2.45, 2.75) is 13.0 Å². The SMILES string of the molecule is CC(C[PH](=O)O)NC(=O)CN. The smallest absolute Gasteiger partial charge is 0.233 e. The average Bonchev–Trinajstić information content (AvgIpc) is 1.85. The molecule has 0 rings (SSSR count). The summed E-state index contributed by atoms with van der Waals surface area (Å²) in [5.41, 5.74) is 5.01. The molecule has 2 unspecified atom stereocenters. The minimum Gasteiger partial charge on any atom is -0.352 e. The van der Waals surface area contributed by atoms with Gasteiger partial charge in [-0.3, -0.25) is 9.36 Å². The Morgan fingerprint density at radius 1 is 1.82 bits per heavy atom. The molecule has 2 atom stereocenters. The summed E-state index contributed by atoms with van der Waals surface area (Å²) in [6.45, 7) is 1.57. The Bertz CT molecular complexity index is 162. The van der Waals surface area contributed by atoms with Crippen molar-refractivity contribution in [1.82, 2.24) is 5.32 Å². The summed E-state index contributed by atoms with van der Waals surface area (Å²) in [6.07, 6.45) is 0.108. The van der Waals surface area contributed by atoms with E-state index in [2.05, 4.69) is 5.32 Å². The molecule has 6 heteroatoms. The molecule has 0 aliphatic heterocycles. The van der Waals surface area contributed by atoms with Crippen molar-refractivity contribution in [1.29, 1.82) is 0 Å². The maximum absolute atomic E-state index is 10.6. The van der Waals surface area contributed by atoms with Crippen LogP contribution in [0.1, 0.15) is 6.92 Å². The molecule has 0 radical (unpaired) electrons. The van der Waals surface area contributed by atoms with Crippen molar-refractivity contribution in [3.05, 3.63) is 0 Å². The maximum Gasteiger partial charge on any atom is 0.233 e. The van der Waals surface area contributed by atoms with Crippen LogP contribution in [0.25, 0.3) is 0 Å². The molecule has 0 aliphatic carbocycles. The van der Waals surface area contributed by atoms with Gasteiger partial charge in [0.1, 0.15) is 0 Å². The number of hydrogen-bond donors (Lipinski definition) is 3. The van der Waals surface area contributed by atoms with E-state index in [1.165, 1.54) is 0 Å². The van der Waals surface area contributed by atoms with Gasteiger partial charge in [-0.25, -0.2) is 0 Å².